The van der Waals surface area contributed by atoms with Gasteiger partial charge in [0, 0.05) is 27.3 Å². The molecule has 0 fully saturated rings. The third-order valence-electron chi connectivity index (χ3n) is 5.29. The van der Waals surface area contributed by atoms with Crippen molar-refractivity contribution >= 4 is 32.8 Å². The molecule has 6 aromatic rings. The molecule has 0 atom stereocenters. The van der Waals surface area contributed by atoms with Gasteiger partial charge in [0.15, 0.2) is 0 Å². The number of para-hydroxylation sites is 2. The van der Waals surface area contributed by atoms with Crippen LogP contribution >= 0.6 is 0 Å². The van der Waals surface area contributed by atoms with E-state index in [0.29, 0.717) is 16.7 Å². The van der Waals surface area contributed by atoms with Crippen LogP contribution in [0.4, 0.5) is 13.2 Å². The van der Waals surface area contributed by atoms with Crippen LogP contribution in [0.15, 0.2) is 81.6 Å². The molecule has 8 heteroatoms. The van der Waals surface area contributed by atoms with E-state index in [2.05, 4.69) is 10.2 Å². The lowest BCUT2D eigenvalue weighted by Crippen LogP contribution is -2.04. The number of hydrogen-bond acceptors (Lipinski definition) is 5. The predicted molar refractivity (Wildman–Crippen MR) is 113 cm³/mol. The van der Waals surface area contributed by atoms with E-state index >= 15 is 0 Å². The van der Waals surface area contributed by atoms with Gasteiger partial charge in [0.05, 0.1) is 11.2 Å². The second-order valence-electron chi connectivity index (χ2n) is 7.29. The van der Waals surface area contributed by atoms with E-state index in [1.54, 1.807) is 18.2 Å². The fourth-order valence-corrected chi connectivity index (χ4v) is 3.80. The summed E-state index contributed by atoms with van der Waals surface area (Å²) in [4.78, 5) is 4.76. The van der Waals surface area contributed by atoms with E-state index in [1.807, 2.05) is 54.6 Å². The van der Waals surface area contributed by atoms with E-state index in [-0.39, 0.29) is 5.89 Å². The minimum atomic E-state index is -4.70. The lowest BCUT2D eigenvalue weighted by atomic mass is 10.0. The number of aromatic nitrogens is 3. The minimum absolute atomic E-state index is 0.226. The van der Waals surface area contributed by atoms with Crippen molar-refractivity contribution < 1.29 is 22.0 Å². The van der Waals surface area contributed by atoms with Crippen LogP contribution in [0.5, 0.6) is 0 Å². The van der Waals surface area contributed by atoms with Crippen LogP contribution in [-0.2, 0) is 6.18 Å². The van der Waals surface area contributed by atoms with Gasteiger partial charge in [-0.2, -0.15) is 13.2 Å². The molecule has 5 nitrogen and oxygen atoms in total. The van der Waals surface area contributed by atoms with Crippen LogP contribution < -0.4 is 0 Å². The summed E-state index contributed by atoms with van der Waals surface area (Å²) in [6.07, 6.45) is -4.70. The summed E-state index contributed by atoms with van der Waals surface area (Å²) >= 11 is 0. The minimum Gasteiger partial charge on any atom is -0.455 e. The Labute approximate surface area is 178 Å². The van der Waals surface area contributed by atoms with Gasteiger partial charge >= 0.3 is 12.1 Å². The van der Waals surface area contributed by atoms with Crippen LogP contribution in [0.3, 0.4) is 0 Å². The Morgan fingerprint density at radius 1 is 0.750 bits per heavy atom. The maximum atomic E-state index is 12.8. The highest BCUT2D eigenvalue weighted by atomic mass is 19.4. The van der Waals surface area contributed by atoms with Gasteiger partial charge in [0.2, 0.25) is 5.89 Å². The Kier molecular flexibility index (Phi) is 3.86. The van der Waals surface area contributed by atoms with Gasteiger partial charge in [-0.1, -0.05) is 36.4 Å². The van der Waals surface area contributed by atoms with Gasteiger partial charge < -0.3 is 8.83 Å². The molecule has 0 saturated heterocycles. The molecule has 0 saturated carbocycles. The van der Waals surface area contributed by atoms with Crippen LogP contribution in [0.25, 0.3) is 55.6 Å². The Balaban J connectivity index is 1.50. The van der Waals surface area contributed by atoms with Crippen molar-refractivity contribution in [1.82, 2.24) is 15.2 Å². The first-order valence-electron chi connectivity index (χ1n) is 9.70. The van der Waals surface area contributed by atoms with Crippen LogP contribution in [0.1, 0.15) is 5.89 Å². The topological polar surface area (TPSA) is 65.0 Å². The van der Waals surface area contributed by atoms with E-state index < -0.39 is 12.1 Å². The van der Waals surface area contributed by atoms with E-state index in [1.165, 1.54) is 0 Å². The van der Waals surface area contributed by atoms with Crippen LogP contribution in [0, 0.1) is 0 Å². The SMILES string of the molecule is FC(F)(F)c1nnc(-c2ccc3c(c2)oc2c(-c4ccc5ccccc5n4)cccc23)o1. The maximum absolute atomic E-state index is 12.8. The van der Waals surface area contributed by atoms with Gasteiger partial charge in [-0.15, -0.1) is 10.2 Å². The molecular weight excluding hydrogens is 419 g/mol. The second kappa shape index (κ2) is 6.65. The van der Waals surface area contributed by atoms with E-state index in [0.717, 1.165) is 32.9 Å². The van der Waals surface area contributed by atoms with Gasteiger partial charge in [0.1, 0.15) is 11.2 Å². The number of nitrogens with zero attached hydrogens (tertiary/aromatic N) is 3. The number of pyridine rings is 1. The highest BCUT2D eigenvalue weighted by molar-refractivity contribution is 6.10. The Hall–Kier alpha value is -4.20. The molecule has 0 amide bonds. The first kappa shape index (κ1) is 18.6. The molecule has 3 heterocycles. The molecule has 0 spiro atoms. The lowest BCUT2D eigenvalue weighted by molar-refractivity contribution is -0.156. The number of alkyl halides is 3. The molecule has 0 unspecified atom stereocenters. The third-order valence-corrected chi connectivity index (χ3v) is 5.29. The van der Waals surface area contributed by atoms with Gasteiger partial charge in [-0.3, -0.25) is 0 Å². The summed E-state index contributed by atoms with van der Waals surface area (Å²) in [5.41, 5.74) is 3.94. The van der Waals surface area contributed by atoms with Crippen molar-refractivity contribution in [3.05, 3.63) is 78.7 Å². The molecule has 156 valence electrons. The molecule has 0 radical (unpaired) electrons. The fraction of sp³-hybridized carbons (Fsp3) is 0.0417. The normalized spacial score (nSPS) is 12.2. The summed E-state index contributed by atoms with van der Waals surface area (Å²) in [6.45, 7) is 0. The highest BCUT2D eigenvalue weighted by Gasteiger charge is 2.38. The summed E-state index contributed by atoms with van der Waals surface area (Å²) in [6, 6.07) is 22.6. The second-order valence-corrected chi connectivity index (χ2v) is 7.29. The summed E-state index contributed by atoms with van der Waals surface area (Å²) in [7, 11) is 0. The number of benzene rings is 3. The molecule has 32 heavy (non-hydrogen) atoms. The van der Waals surface area contributed by atoms with Crippen molar-refractivity contribution in [1.29, 1.82) is 0 Å². The average Bonchev–Trinajstić information content (AvgIpc) is 3.43. The summed E-state index contributed by atoms with van der Waals surface area (Å²) in [5.74, 6) is -1.61. The van der Waals surface area contributed by atoms with E-state index in [9.17, 15) is 13.2 Å². The zero-order valence-corrected chi connectivity index (χ0v) is 16.2. The van der Waals surface area contributed by atoms with Gasteiger partial charge in [-0.25, -0.2) is 4.98 Å². The number of fused-ring (bicyclic) bond motifs is 4. The Bertz CT molecular complexity index is 1630. The number of furan rings is 1. The van der Waals surface area contributed by atoms with Crippen molar-refractivity contribution in [3.63, 3.8) is 0 Å². The molecule has 0 aliphatic carbocycles. The fourth-order valence-electron chi connectivity index (χ4n) is 3.80. The quantitative estimate of drug-likeness (QED) is 0.299. The Morgan fingerprint density at radius 2 is 1.62 bits per heavy atom. The molecule has 0 N–H and O–H groups in total. The average molecular weight is 431 g/mol. The monoisotopic (exact) mass is 431 g/mol. The predicted octanol–water partition coefficient (Wildman–Crippen LogP) is 6.87. The third kappa shape index (κ3) is 2.91. The number of hydrogen-bond donors (Lipinski definition) is 0. The number of rotatable bonds is 2. The lowest BCUT2D eigenvalue weighted by Gasteiger charge is -2.04. The van der Waals surface area contributed by atoms with Crippen molar-refractivity contribution in [3.8, 4) is 22.7 Å². The molecule has 6 rings (SSSR count). The van der Waals surface area contributed by atoms with Crippen LogP contribution in [-0.4, -0.2) is 15.2 Å². The van der Waals surface area contributed by atoms with Crippen molar-refractivity contribution in [2.24, 2.45) is 0 Å². The highest BCUT2D eigenvalue weighted by Crippen LogP contribution is 2.37. The van der Waals surface area contributed by atoms with E-state index in [4.69, 9.17) is 13.8 Å². The molecule has 0 aliphatic heterocycles. The van der Waals surface area contributed by atoms with Crippen molar-refractivity contribution in [2.45, 2.75) is 6.18 Å². The molecule has 0 aliphatic rings. The molecule has 3 aromatic heterocycles. The van der Waals surface area contributed by atoms with Gasteiger partial charge in [-0.05, 0) is 36.4 Å². The summed E-state index contributed by atoms with van der Waals surface area (Å²) < 4.78 is 49.3. The largest absolute Gasteiger partial charge is 0.470 e. The van der Waals surface area contributed by atoms with Crippen molar-refractivity contribution in [2.75, 3.05) is 0 Å². The first-order valence-corrected chi connectivity index (χ1v) is 9.70. The first-order chi connectivity index (χ1) is 15.5. The Morgan fingerprint density at radius 3 is 2.47 bits per heavy atom. The molecule has 0 bridgehead atoms. The van der Waals surface area contributed by atoms with Crippen LogP contribution in [0.2, 0.25) is 0 Å². The zero-order chi connectivity index (χ0) is 21.9. The molecule has 3 aromatic carbocycles. The smallest absolute Gasteiger partial charge is 0.455 e. The standard InChI is InChI=1S/C24H12F3N3O2/c25-24(26,27)23-30-29-22(32-23)14-8-10-15-16-5-3-6-17(21(16)31-20(15)12-14)19-11-9-13-4-1-2-7-18(13)28-19/h1-12H. The molecular formula is C24H12F3N3O2. The maximum Gasteiger partial charge on any atom is 0.470 e. The summed E-state index contributed by atoms with van der Waals surface area (Å²) in [5, 5.41) is 9.34. The zero-order valence-electron chi connectivity index (χ0n) is 16.2. The number of halogens is 3. The van der Waals surface area contributed by atoms with Gasteiger partial charge in [0.25, 0.3) is 0 Å².